The van der Waals surface area contributed by atoms with E-state index in [4.69, 9.17) is 4.84 Å². The van der Waals surface area contributed by atoms with E-state index in [2.05, 4.69) is 0 Å². The van der Waals surface area contributed by atoms with Crippen LogP contribution in [-0.4, -0.2) is 19.6 Å². The Labute approximate surface area is 125 Å². The lowest BCUT2D eigenvalue weighted by molar-refractivity contribution is -0.894. The van der Waals surface area contributed by atoms with Crippen molar-refractivity contribution in [3.8, 4) is 0 Å². The summed E-state index contributed by atoms with van der Waals surface area (Å²) < 4.78 is 32.9. The van der Waals surface area contributed by atoms with Crippen molar-refractivity contribution < 1.29 is 22.5 Å². The standard InChI is InChI=1S/C8H12NO.C7H8O3S/c1-3-10-9-7-5-4-6-8(9)2;1-6-2-4-7(5-3-6)11(8,9)10/h4-7H,3H2,1-2H3;2-5H,1H3,(H,8,9,10)/q+1;/p-1. The molecule has 0 bridgehead atoms. The van der Waals surface area contributed by atoms with E-state index >= 15 is 0 Å². The Morgan fingerprint density at radius 3 is 2.19 bits per heavy atom. The third kappa shape index (κ3) is 5.93. The van der Waals surface area contributed by atoms with Crippen molar-refractivity contribution in [1.82, 2.24) is 0 Å². The Balaban J connectivity index is 0.000000211. The smallest absolute Gasteiger partial charge is 0.231 e. The zero-order valence-corrected chi connectivity index (χ0v) is 13.1. The molecule has 0 N–H and O–H groups in total. The second-order valence-electron chi connectivity index (χ2n) is 4.35. The zero-order chi connectivity index (χ0) is 15.9. The van der Waals surface area contributed by atoms with Gasteiger partial charge in [0.2, 0.25) is 11.9 Å². The van der Waals surface area contributed by atoms with Crippen molar-refractivity contribution in [2.24, 2.45) is 0 Å². The van der Waals surface area contributed by atoms with Crippen molar-refractivity contribution in [3.63, 3.8) is 0 Å². The molecule has 0 saturated heterocycles. The van der Waals surface area contributed by atoms with Gasteiger partial charge in [-0.25, -0.2) is 8.42 Å². The van der Waals surface area contributed by atoms with Crippen LogP contribution in [0.1, 0.15) is 18.2 Å². The van der Waals surface area contributed by atoms with Crippen LogP contribution in [0.4, 0.5) is 0 Å². The molecule has 0 aliphatic heterocycles. The maximum atomic E-state index is 10.4. The Kier molecular flexibility index (Phi) is 6.33. The maximum absolute atomic E-state index is 10.4. The highest BCUT2D eigenvalue weighted by Gasteiger charge is 2.02. The largest absolute Gasteiger partial charge is 0.744 e. The van der Waals surface area contributed by atoms with Gasteiger partial charge in [0, 0.05) is 23.8 Å². The monoisotopic (exact) mass is 309 g/mol. The summed E-state index contributed by atoms with van der Waals surface area (Å²) in [4.78, 5) is 5.08. The Hall–Kier alpha value is -1.92. The minimum Gasteiger partial charge on any atom is -0.744 e. The van der Waals surface area contributed by atoms with Gasteiger partial charge >= 0.3 is 0 Å². The average molecular weight is 309 g/mol. The number of rotatable bonds is 3. The normalized spacial score (nSPS) is 10.5. The molecule has 0 radical (unpaired) electrons. The number of hydrogen-bond donors (Lipinski definition) is 0. The molecule has 0 saturated carbocycles. The number of aromatic nitrogens is 1. The fourth-order valence-corrected chi connectivity index (χ4v) is 1.97. The van der Waals surface area contributed by atoms with Gasteiger partial charge in [-0.15, -0.1) is 0 Å². The Bertz CT molecular complexity index is 666. The molecule has 0 unspecified atom stereocenters. The number of pyridine rings is 1. The van der Waals surface area contributed by atoms with Crippen LogP contribution in [0.5, 0.6) is 0 Å². The van der Waals surface area contributed by atoms with Crippen LogP contribution in [0.15, 0.2) is 53.6 Å². The van der Waals surface area contributed by atoms with E-state index < -0.39 is 10.1 Å². The van der Waals surface area contributed by atoms with Crippen LogP contribution in [0, 0.1) is 13.8 Å². The lowest BCUT2D eigenvalue weighted by Crippen LogP contribution is -2.44. The molecule has 1 aromatic heterocycles. The van der Waals surface area contributed by atoms with E-state index in [1.807, 2.05) is 45.2 Å². The molecular formula is C15H19NO4S. The van der Waals surface area contributed by atoms with Gasteiger partial charge in [-0.2, -0.15) is 0 Å². The van der Waals surface area contributed by atoms with Crippen molar-refractivity contribution in [2.75, 3.05) is 6.61 Å². The van der Waals surface area contributed by atoms with E-state index in [0.29, 0.717) is 6.61 Å². The number of hydrogen-bond acceptors (Lipinski definition) is 4. The van der Waals surface area contributed by atoms with E-state index in [9.17, 15) is 13.0 Å². The zero-order valence-electron chi connectivity index (χ0n) is 12.3. The number of nitrogens with zero attached hydrogens (tertiary/aromatic N) is 1. The van der Waals surface area contributed by atoms with Crippen molar-refractivity contribution in [1.29, 1.82) is 0 Å². The summed E-state index contributed by atoms with van der Waals surface area (Å²) in [7, 11) is -4.27. The second kappa shape index (κ2) is 7.75. The summed E-state index contributed by atoms with van der Waals surface area (Å²) in [6.45, 7) is 6.51. The van der Waals surface area contributed by atoms with E-state index in [1.54, 1.807) is 16.9 Å². The molecule has 1 heterocycles. The Morgan fingerprint density at radius 1 is 1.10 bits per heavy atom. The van der Waals surface area contributed by atoms with E-state index in [-0.39, 0.29) is 4.90 Å². The van der Waals surface area contributed by atoms with Crippen molar-refractivity contribution in [3.05, 3.63) is 59.9 Å². The lowest BCUT2D eigenvalue weighted by Gasteiger charge is -2.05. The van der Waals surface area contributed by atoms with Crippen LogP contribution in [0.3, 0.4) is 0 Å². The van der Waals surface area contributed by atoms with Crippen molar-refractivity contribution in [2.45, 2.75) is 25.7 Å². The van der Waals surface area contributed by atoms with E-state index in [0.717, 1.165) is 11.3 Å². The highest BCUT2D eigenvalue weighted by molar-refractivity contribution is 7.85. The van der Waals surface area contributed by atoms with Gasteiger partial charge in [-0.1, -0.05) is 17.7 Å². The summed E-state index contributed by atoms with van der Waals surface area (Å²) in [5.74, 6) is 0. The maximum Gasteiger partial charge on any atom is 0.231 e. The molecule has 2 rings (SSSR count). The quantitative estimate of drug-likeness (QED) is 0.638. The van der Waals surface area contributed by atoms with Gasteiger partial charge in [-0.05, 0) is 32.0 Å². The van der Waals surface area contributed by atoms with E-state index in [1.165, 1.54) is 12.1 Å². The molecule has 114 valence electrons. The molecule has 0 atom stereocenters. The summed E-state index contributed by atoms with van der Waals surface area (Å²) in [6.07, 6.45) is 1.90. The van der Waals surface area contributed by atoms with Crippen LogP contribution >= 0.6 is 0 Å². The topological polar surface area (TPSA) is 70.3 Å². The number of aryl methyl sites for hydroxylation is 2. The third-order valence-electron chi connectivity index (χ3n) is 2.60. The third-order valence-corrected chi connectivity index (χ3v) is 3.44. The first-order chi connectivity index (χ1) is 9.84. The van der Waals surface area contributed by atoms with Gasteiger partial charge in [0.05, 0.1) is 4.90 Å². The molecule has 0 fully saturated rings. The van der Waals surface area contributed by atoms with Crippen LogP contribution in [-0.2, 0) is 10.1 Å². The first-order valence-corrected chi connectivity index (χ1v) is 7.88. The predicted molar refractivity (Wildman–Crippen MR) is 77.6 cm³/mol. The Morgan fingerprint density at radius 2 is 1.71 bits per heavy atom. The molecule has 0 spiro atoms. The molecule has 6 heteroatoms. The molecule has 0 aliphatic rings. The second-order valence-corrected chi connectivity index (χ2v) is 5.73. The fourth-order valence-electron chi connectivity index (χ4n) is 1.50. The van der Waals surface area contributed by atoms with Gasteiger partial charge in [0.1, 0.15) is 10.1 Å². The summed E-state index contributed by atoms with van der Waals surface area (Å²) in [6, 6.07) is 11.7. The molecule has 1 aromatic carbocycles. The van der Waals surface area contributed by atoms with Gasteiger partial charge in [0.25, 0.3) is 0 Å². The fraction of sp³-hybridized carbons (Fsp3) is 0.267. The molecule has 0 aliphatic carbocycles. The van der Waals surface area contributed by atoms with Gasteiger partial charge < -0.3 is 4.55 Å². The van der Waals surface area contributed by atoms with Crippen LogP contribution < -0.4 is 9.57 Å². The molecule has 21 heavy (non-hydrogen) atoms. The first kappa shape index (κ1) is 17.1. The predicted octanol–water partition coefficient (Wildman–Crippen LogP) is 1.63. The number of benzene rings is 1. The molecular weight excluding hydrogens is 290 g/mol. The minimum atomic E-state index is -4.27. The van der Waals surface area contributed by atoms with Gasteiger partial charge in [0.15, 0.2) is 6.61 Å². The molecule has 0 amide bonds. The minimum absolute atomic E-state index is 0.178. The molecule has 2 aromatic rings. The SMILES string of the molecule is CCO[n+]1ccccc1C.Cc1ccc(S(=O)(=O)[O-])cc1. The summed E-state index contributed by atoms with van der Waals surface area (Å²) in [5.41, 5.74) is 2.04. The van der Waals surface area contributed by atoms with Gasteiger partial charge in [-0.3, -0.25) is 4.84 Å². The van der Waals surface area contributed by atoms with Crippen molar-refractivity contribution >= 4 is 10.1 Å². The first-order valence-electron chi connectivity index (χ1n) is 6.47. The summed E-state index contributed by atoms with van der Waals surface area (Å²) >= 11 is 0. The molecule has 5 nitrogen and oxygen atoms in total. The average Bonchev–Trinajstić information content (AvgIpc) is 2.42. The van der Waals surface area contributed by atoms with Crippen LogP contribution in [0.25, 0.3) is 0 Å². The highest BCUT2D eigenvalue weighted by atomic mass is 32.2. The lowest BCUT2D eigenvalue weighted by atomic mass is 10.2. The highest BCUT2D eigenvalue weighted by Crippen LogP contribution is 2.08. The van der Waals surface area contributed by atoms with Crippen LogP contribution in [0.2, 0.25) is 0 Å². The summed E-state index contributed by atoms with van der Waals surface area (Å²) in [5, 5.41) is 0.